The summed E-state index contributed by atoms with van der Waals surface area (Å²) < 4.78 is 50.3. The highest BCUT2D eigenvalue weighted by atomic mass is 35.5. The Morgan fingerprint density at radius 2 is 1.90 bits per heavy atom. The number of ether oxygens (including phenoxy) is 2. The van der Waals surface area contributed by atoms with Crippen LogP contribution in [0.3, 0.4) is 0 Å². The van der Waals surface area contributed by atoms with Gasteiger partial charge in [-0.25, -0.2) is 23.5 Å². The lowest BCUT2D eigenvalue weighted by Crippen LogP contribution is -2.25. The van der Waals surface area contributed by atoms with Crippen LogP contribution >= 0.6 is 23.2 Å². The summed E-state index contributed by atoms with van der Waals surface area (Å²) in [6.45, 7) is 0.352. The molecule has 0 amide bonds. The molecular formula is C25H21Cl2F3N4O6. The first kappa shape index (κ1) is 30.4. The Morgan fingerprint density at radius 3 is 2.48 bits per heavy atom. The minimum absolute atomic E-state index is 0.0926. The summed E-state index contributed by atoms with van der Waals surface area (Å²) in [5.74, 6) is -2.77. The standard InChI is InChI=1S/C13H10Cl2F3N3O3.C12H11NO3/c1-5-19-21(13(24)20(5)12(17)18)10-3-6(2-8(15)11(22)23)7(14)4-9(10)16;1-2-15-8-10-12(14)16-11(13-10)9-6-4-3-5-7-9/h3-4,8,12H,2H2,1H3,(H,22,23);3-8H,2H2,1H3. The van der Waals surface area contributed by atoms with Gasteiger partial charge < -0.3 is 14.6 Å². The molecule has 3 aromatic rings. The Morgan fingerprint density at radius 1 is 1.23 bits per heavy atom. The van der Waals surface area contributed by atoms with E-state index in [9.17, 15) is 27.6 Å². The lowest BCUT2D eigenvalue weighted by atomic mass is 10.1. The van der Waals surface area contributed by atoms with E-state index < -0.39 is 41.1 Å². The second-order valence-electron chi connectivity index (χ2n) is 7.93. The smallest absolute Gasteiger partial charge is 0.367 e. The number of carboxylic acid groups (broad SMARTS) is 1. The first-order valence-corrected chi connectivity index (χ1v) is 12.3. The van der Waals surface area contributed by atoms with E-state index in [2.05, 4.69) is 10.1 Å². The maximum atomic E-state index is 14.1. The third-order valence-corrected chi connectivity index (χ3v) is 5.88. The number of hydrogen-bond donors (Lipinski definition) is 1. The molecule has 0 aliphatic carbocycles. The molecule has 4 rings (SSSR count). The van der Waals surface area contributed by atoms with E-state index in [1.807, 2.05) is 37.3 Å². The van der Waals surface area contributed by atoms with Crippen LogP contribution in [0, 0.1) is 12.7 Å². The fourth-order valence-electron chi connectivity index (χ4n) is 3.30. The highest BCUT2D eigenvalue weighted by Crippen LogP contribution is 2.25. The van der Waals surface area contributed by atoms with Gasteiger partial charge in [0, 0.05) is 17.0 Å². The van der Waals surface area contributed by atoms with Crippen molar-refractivity contribution in [1.82, 2.24) is 14.3 Å². The highest BCUT2D eigenvalue weighted by molar-refractivity contribution is 6.32. The lowest BCUT2D eigenvalue weighted by Gasteiger charge is -2.10. The predicted octanol–water partition coefficient (Wildman–Crippen LogP) is 4.63. The number of cyclic esters (lactones) is 1. The summed E-state index contributed by atoms with van der Waals surface area (Å²) in [6, 6.07) is 11.1. The molecule has 0 bridgehead atoms. The number of aliphatic carboxylic acids is 1. The molecule has 2 heterocycles. The third-order valence-electron chi connectivity index (χ3n) is 5.19. The topological polar surface area (TPSA) is 125 Å². The molecule has 0 saturated heterocycles. The molecule has 1 aliphatic rings. The zero-order valence-corrected chi connectivity index (χ0v) is 22.4. The minimum atomic E-state index is -3.14. The number of halogens is 5. The van der Waals surface area contributed by atoms with Crippen LogP contribution in [0.1, 0.15) is 30.4 Å². The number of carboxylic acids is 1. The summed E-state index contributed by atoms with van der Waals surface area (Å²) in [7, 11) is 0. The van der Waals surface area contributed by atoms with Crippen molar-refractivity contribution in [1.29, 1.82) is 0 Å². The maximum Gasteiger partial charge on any atom is 0.367 e. The van der Waals surface area contributed by atoms with Crippen molar-refractivity contribution in [2.24, 2.45) is 4.99 Å². The van der Waals surface area contributed by atoms with Gasteiger partial charge in [-0.3, -0.25) is 4.79 Å². The second-order valence-corrected chi connectivity index (χ2v) is 8.86. The van der Waals surface area contributed by atoms with E-state index in [4.69, 9.17) is 37.8 Å². The van der Waals surface area contributed by atoms with Crippen LogP contribution in [0.5, 0.6) is 0 Å². The molecular weight excluding hydrogens is 580 g/mol. The van der Waals surface area contributed by atoms with Crippen LogP contribution in [0.2, 0.25) is 5.02 Å². The SMILES string of the molecule is CCOC=C1N=C(c2ccccc2)OC1=O.Cc1nn(-c2cc(CC(Cl)C(=O)O)c(Cl)cc2F)c(=O)n1C(F)F. The molecule has 1 aromatic heterocycles. The van der Waals surface area contributed by atoms with Crippen LogP contribution in [0.4, 0.5) is 13.2 Å². The Bertz CT molecular complexity index is 1520. The molecule has 0 fully saturated rings. The number of benzene rings is 2. The fraction of sp³-hybridized carbons (Fsp3) is 0.240. The summed E-state index contributed by atoms with van der Waals surface area (Å²) in [4.78, 5) is 38.2. The van der Waals surface area contributed by atoms with E-state index in [1.54, 1.807) is 0 Å². The van der Waals surface area contributed by atoms with Gasteiger partial charge in [-0.15, -0.1) is 16.7 Å². The molecule has 10 nitrogen and oxygen atoms in total. The molecule has 1 aliphatic heterocycles. The summed E-state index contributed by atoms with van der Waals surface area (Å²) in [5.41, 5.74) is -0.574. The number of nitrogens with zero attached hydrogens (tertiary/aromatic N) is 4. The van der Waals surface area contributed by atoms with Crippen molar-refractivity contribution < 1.29 is 37.3 Å². The maximum absolute atomic E-state index is 14.1. The molecule has 0 spiro atoms. The number of hydrogen-bond acceptors (Lipinski definition) is 7. The van der Waals surface area contributed by atoms with Crippen LogP contribution < -0.4 is 5.69 Å². The van der Waals surface area contributed by atoms with Gasteiger partial charge in [-0.1, -0.05) is 29.8 Å². The number of carbonyl (C=O) groups excluding carboxylic acids is 1. The van der Waals surface area contributed by atoms with Crippen LogP contribution in [0.25, 0.3) is 5.69 Å². The first-order chi connectivity index (χ1) is 18.9. The molecule has 0 saturated carbocycles. The van der Waals surface area contributed by atoms with Crippen molar-refractivity contribution >= 4 is 41.0 Å². The number of rotatable bonds is 8. The quantitative estimate of drug-likeness (QED) is 0.173. The van der Waals surface area contributed by atoms with Gasteiger partial charge >= 0.3 is 24.2 Å². The van der Waals surface area contributed by atoms with Crippen LogP contribution in [0.15, 0.2) is 64.2 Å². The largest absolute Gasteiger partial charge is 0.499 e. The van der Waals surface area contributed by atoms with Gasteiger partial charge in [-0.05, 0) is 43.7 Å². The summed E-state index contributed by atoms with van der Waals surface area (Å²) in [5, 5.41) is 11.0. The van der Waals surface area contributed by atoms with Gasteiger partial charge in [0.15, 0.2) is 11.5 Å². The Labute approximate surface area is 234 Å². The van der Waals surface area contributed by atoms with Crippen molar-refractivity contribution in [3.05, 3.63) is 92.7 Å². The number of aromatic nitrogens is 3. The van der Waals surface area contributed by atoms with Crippen LogP contribution in [-0.2, 0) is 25.5 Å². The average Bonchev–Trinajstić information content (AvgIpc) is 3.43. The molecule has 15 heteroatoms. The molecule has 212 valence electrons. The van der Waals surface area contributed by atoms with Gasteiger partial charge in [0.2, 0.25) is 5.90 Å². The fourth-order valence-corrected chi connectivity index (χ4v) is 3.69. The van der Waals surface area contributed by atoms with Gasteiger partial charge in [0.1, 0.15) is 23.2 Å². The molecule has 1 N–H and O–H groups in total. The van der Waals surface area contributed by atoms with Gasteiger partial charge in [0.05, 0.1) is 6.61 Å². The zero-order valence-electron chi connectivity index (χ0n) is 20.9. The normalized spacial score (nSPS) is 14.4. The van der Waals surface area contributed by atoms with Gasteiger partial charge in [0.25, 0.3) is 0 Å². The zero-order chi connectivity index (χ0) is 29.6. The third kappa shape index (κ3) is 7.10. The van der Waals surface area contributed by atoms with Crippen molar-refractivity contribution in [3.63, 3.8) is 0 Å². The van der Waals surface area contributed by atoms with Crippen molar-refractivity contribution in [3.8, 4) is 5.69 Å². The molecule has 0 radical (unpaired) electrons. The first-order valence-electron chi connectivity index (χ1n) is 11.4. The number of alkyl halides is 3. The number of aliphatic imine (C=N–C) groups is 1. The average molecular weight is 601 g/mol. The van der Waals surface area contributed by atoms with Crippen molar-refractivity contribution in [2.75, 3.05) is 6.61 Å². The lowest BCUT2D eigenvalue weighted by molar-refractivity contribution is -0.136. The summed E-state index contributed by atoms with van der Waals surface area (Å²) in [6.07, 6.45) is 1.06. The molecule has 40 heavy (non-hydrogen) atoms. The van der Waals surface area contributed by atoms with Crippen molar-refractivity contribution in [2.45, 2.75) is 32.2 Å². The molecule has 2 aromatic carbocycles. The number of aryl methyl sites for hydroxylation is 1. The Hall–Kier alpha value is -4.10. The number of esters is 1. The predicted molar refractivity (Wildman–Crippen MR) is 139 cm³/mol. The van der Waals surface area contributed by atoms with Crippen LogP contribution in [-0.4, -0.2) is 49.3 Å². The summed E-state index contributed by atoms with van der Waals surface area (Å²) >= 11 is 11.5. The minimum Gasteiger partial charge on any atom is -0.499 e. The van der Waals surface area contributed by atoms with E-state index in [-0.39, 0.29) is 33.1 Å². The number of carbonyl (C=O) groups is 2. The van der Waals surface area contributed by atoms with E-state index in [0.717, 1.165) is 24.6 Å². The Balaban J connectivity index is 0.000000238. The highest BCUT2D eigenvalue weighted by Gasteiger charge is 2.25. The van der Waals surface area contributed by atoms with E-state index >= 15 is 0 Å². The van der Waals surface area contributed by atoms with Gasteiger partial charge in [-0.2, -0.15) is 13.5 Å². The monoisotopic (exact) mass is 600 g/mol. The Kier molecular flexibility index (Phi) is 10.1. The van der Waals surface area contributed by atoms with E-state index in [0.29, 0.717) is 17.2 Å². The molecule has 1 atom stereocenters. The molecule has 1 unspecified atom stereocenters. The van der Waals surface area contributed by atoms with E-state index in [1.165, 1.54) is 6.26 Å². The second kappa shape index (κ2) is 13.3.